The van der Waals surface area contributed by atoms with Crippen molar-refractivity contribution in [2.45, 2.75) is 0 Å². The first-order chi connectivity index (χ1) is 10.4. The Kier molecular flexibility index (Phi) is 2.86. The largest absolute Gasteiger partial charge is 0.437 e. The number of fused-ring (bicyclic) bond motifs is 1. The Bertz CT molecular complexity index is 885. The molecule has 0 saturated carbocycles. The zero-order valence-electron chi connectivity index (χ0n) is 10.9. The van der Waals surface area contributed by atoms with E-state index in [1.807, 2.05) is 48.0 Å². The quantitative estimate of drug-likeness (QED) is 0.578. The van der Waals surface area contributed by atoms with E-state index in [2.05, 4.69) is 15.1 Å². The zero-order valence-corrected chi connectivity index (χ0v) is 11.7. The summed E-state index contributed by atoms with van der Waals surface area (Å²) in [7, 11) is 0. The minimum absolute atomic E-state index is 0.576. The van der Waals surface area contributed by atoms with Gasteiger partial charge in [-0.1, -0.05) is 6.07 Å². The topological polar surface area (TPSA) is 52.8 Å². The van der Waals surface area contributed by atoms with Crippen molar-refractivity contribution in [2.24, 2.45) is 0 Å². The highest BCUT2D eigenvalue weighted by molar-refractivity contribution is 7.17. The second kappa shape index (κ2) is 4.99. The predicted molar refractivity (Wildman–Crippen MR) is 81.1 cm³/mol. The van der Waals surface area contributed by atoms with Gasteiger partial charge in [0, 0.05) is 18.5 Å². The van der Waals surface area contributed by atoms with Gasteiger partial charge in [0.15, 0.2) is 0 Å². The maximum Gasteiger partial charge on any atom is 0.240 e. The van der Waals surface area contributed by atoms with Crippen LogP contribution in [0, 0.1) is 0 Å². The average molecular weight is 294 g/mol. The van der Waals surface area contributed by atoms with Crippen LogP contribution in [0.25, 0.3) is 15.9 Å². The van der Waals surface area contributed by atoms with E-state index in [9.17, 15) is 0 Å². The first-order valence-electron chi connectivity index (χ1n) is 6.36. The molecule has 21 heavy (non-hydrogen) atoms. The van der Waals surface area contributed by atoms with Gasteiger partial charge < -0.3 is 4.74 Å². The van der Waals surface area contributed by atoms with Gasteiger partial charge in [-0.3, -0.25) is 0 Å². The second-order valence-corrected chi connectivity index (χ2v) is 5.28. The van der Waals surface area contributed by atoms with Crippen LogP contribution >= 0.6 is 11.3 Å². The van der Waals surface area contributed by atoms with Crippen LogP contribution in [0.1, 0.15) is 0 Å². The lowest BCUT2D eigenvalue weighted by atomic mass is 10.3. The van der Waals surface area contributed by atoms with Gasteiger partial charge in [-0.15, -0.1) is 11.3 Å². The van der Waals surface area contributed by atoms with E-state index in [0.29, 0.717) is 5.88 Å². The van der Waals surface area contributed by atoms with Crippen LogP contribution in [0.3, 0.4) is 0 Å². The van der Waals surface area contributed by atoms with Crippen molar-refractivity contribution in [3.8, 4) is 17.3 Å². The Labute approximate surface area is 124 Å². The van der Waals surface area contributed by atoms with Crippen molar-refractivity contribution in [3.05, 3.63) is 60.5 Å². The SMILES string of the molecule is c1cc(Oc2ncnc3ccsc23)cc(-n2cccn2)c1. The Hall–Kier alpha value is -2.73. The maximum absolute atomic E-state index is 5.91. The van der Waals surface area contributed by atoms with E-state index in [1.165, 1.54) is 6.33 Å². The molecule has 0 fully saturated rings. The third-order valence-electron chi connectivity index (χ3n) is 3.01. The summed E-state index contributed by atoms with van der Waals surface area (Å²) in [5.74, 6) is 1.30. The van der Waals surface area contributed by atoms with Gasteiger partial charge in [0.2, 0.25) is 5.88 Å². The molecule has 3 aromatic heterocycles. The molecule has 0 aliphatic rings. The molecule has 5 nitrogen and oxygen atoms in total. The van der Waals surface area contributed by atoms with Gasteiger partial charge in [0.25, 0.3) is 0 Å². The Morgan fingerprint density at radius 3 is 3.00 bits per heavy atom. The molecule has 4 rings (SSSR count). The fourth-order valence-corrected chi connectivity index (χ4v) is 2.83. The molecule has 102 valence electrons. The summed E-state index contributed by atoms with van der Waals surface area (Å²) in [5.41, 5.74) is 1.84. The maximum atomic E-state index is 5.91. The van der Waals surface area contributed by atoms with Crippen molar-refractivity contribution in [3.63, 3.8) is 0 Å². The predicted octanol–water partition coefficient (Wildman–Crippen LogP) is 3.67. The molecule has 0 bridgehead atoms. The summed E-state index contributed by atoms with van der Waals surface area (Å²) in [6.45, 7) is 0. The van der Waals surface area contributed by atoms with E-state index >= 15 is 0 Å². The van der Waals surface area contributed by atoms with Crippen molar-refractivity contribution in [1.82, 2.24) is 19.7 Å². The summed E-state index contributed by atoms with van der Waals surface area (Å²) in [5, 5.41) is 6.19. The lowest BCUT2D eigenvalue weighted by molar-refractivity contribution is 0.468. The molecule has 0 spiro atoms. The van der Waals surface area contributed by atoms with Crippen molar-refractivity contribution < 1.29 is 4.74 Å². The zero-order chi connectivity index (χ0) is 14.1. The first-order valence-corrected chi connectivity index (χ1v) is 7.24. The highest BCUT2D eigenvalue weighted by Crippen LogP contribution is 2.30. The fraction of sp³-hybridized carbons (Fsp3) is 0. The van der Waals surface area contributed by atoms with Crippen molar-refractivity contribution in [2.75, 3.05) is 0 Å². The minimum atomic E-state index is 0.576. The number of hydrogen-bond acceptors (Lipinski definition) is 5. The van der Waals surface area contributed by atoms with Gasteiger partial charge in [-0.05, 0) is 29.6 Å². The standard InChI is InChI=1S/C15H10N4OS/c1-3-11(19-7-2-6-18-19)9-12(4-1)20-15-14-13(5-8-21-14)16-10-17-15/h1-10H. The van der Waals surface area contributed by atoms with E-state index < -0.39 is 0 Å². The van der Waals surface area contributed by atoms with Crippen LogP contribution in [-0.4, -0.2) is 19.7 Å². The minimum Gasteiger partial charge on any atom is -0.437 e. The van der Waals surface area contributed by atoms with Crippen LogP contribution in [-0.2, 0) is 0 Å². The number of thiophene rings is 1. The highest BCUT2D eigenvalue weighted by Gasteiger charge is 2.08. The summed E-state index contributed by atoms with van der Waals surface area (Å²) < 4.78 is 8.64. The van der Waals surface area contributed by atoms with E-state index in [0.717, 1.165) is 21.7 Å². The van der Waals surface area contributed by atoms with Gasteiger partial charge in [0.1, 0.15) is 16.8 Å². The number of rotatable bonds is 3. The Morgan fingerprint density at radius 2 is 2.10 bits per heavy atom. The molecular formula is C15H10N4OS. The van der Waals surface area contributed by atoms with Crippen LogP contribution in [0.15, 0.2) is 60.5 Å². The Morgan fingerprint density at radius 1 is 1.10 bits per heavy atom. The van der Waals surface area contributed by atoms with Crippen molar-refractivity contribution >= 4 is 21.6 Å². The molecule has 0 amide bonds. The van der Waals surface area contributed by atoms with Gasteiger partial charge in [-0.25, -0.2) is 14.6 Å². The van der Waals surface area contributed by atoms with Crippen LogP contribution < -0.4 is 4.74 Å². The molecule has 6 heteroatoms. The Balaban J connectivity index is 1.71. The summed E-state index contributed by atoms with van der Waals surface area (Å²) in [6, 6.07) is 11.6. The monoisotopic (exact) mass is 294 g/mol. The molecule has 0 atom stereocenters. The number of nitrogens with zero attached hydrogens (tertiary/aromatic N) is 4. The normalized spacial score (nSPS) is 10.9. The van der Waals surface area contributed by atoms with Gasteiger partial charge in [-0.2, -0.15) is 5.10 Å². The number of ether oxygens (including phenoxy) is 1. The summed E-state index contributed by atoms with van der Waals surface area (Å²) >= 11 is 1.57. The fourth-order valence-electron chi connectivity index (χ4n) is 2.06. The van der Waals surface area contributed by atoms with Gasteiger partial charge in [0.05, 0.1) is 11.2 Å². The molecule has 0 unspecified atom stereocenters. The third-order valence-corrected chi connectivity index (χ3v) is 3.90. The summed E-state index contributed by atoms with van der Waals surface area (Å²) in [4.78, 5) is 8.43. The second-order valence-electron chi connectivity index (χ2n) is 4.36. The van der Waals surface area contributed by atoms with E-state index in [1.54, 1.807) is 22.2 Å². The van der Waals surface area contributed by atoms with E-state index in [4.69, 9.17) is 4.74 Å². The molecule has 4 aromatic rings. The lowest BCUT2D eigenvalue weighted by Crippen LogP contribution is -1.95. The number of hydrogen-bond donors (Lipinski definition) is 0. The van der Waals surface area contributed by atoms with Crippen LogP contribution in [0.2, 0.25) is 0 Å². The first kappa shape index (κ1) is 12.0. The highest BCUT2D eigenvalue weighted by atomic mass is 32.1. The molecule has 0 saturated heterocycles. The van der Waals surface area contributed by atoms with E-state index in [-0.39, 0.29) is 0 Å². The molecule has 0 aliphatic carbocycles. The third kappa shape index (κ3) is 2.25. The molecule has 0 aliphatic heterocycles. The van der Waals surface area contributed by atoms with Gasteiger partial charge >= 0.3 is 0 Å². The molecule has 0 radical (unpaired) electrons. The average Bonchev–Trinajstić information content (AvgIpc) is 3.20. The lowest BCUT2D eigenvalue weighted by Gasteiger charge is -2.07. The smallest absolute Gasteiger partial charge is 0.240 e. The molecule has 1 aromatic carbocycles. The van der Waals surface area contributed by atoms with Crippen LogP contribution in [0.5, 0.6) is 11.6 Å². The summed E-state index contributed by atoms with van der Waals surface area (Å²) in [6.07, 6.45) is 5.15. The number of benzene rings is 1. The molecule has 3 heterocycles. The number of aromatic nitrogens is 4. The van der Waals surface area contributed by atoms with Crippen LogP contribution in [0.4, 0.5) is 0 Å². The molecular weight excluding hydrogens is 284 g/mol. The van der Waals surface area contributed by atoms with Crippen molar-refractivity contribution in [1.29, 1.82) is 0 Å². The molecule has 0 N–H and O–H groups in total.